The summed E-state index contributed by atoms with van der Waals surface area (Å²) < 4.78 is 5.41. The van der Waals surface area contributed by atoms with Crippen LogP contribution >= 0.6 is 0 Å². The molecule has 1 amide bonds. The molecule has 0 radical (unpaired) electrons. The van der Waals surface area contributed by atoms with Crippen LogP contribution in [0, 0.1) is 0 Å². The number of nitrogens with one attached hydrogen (secondary N) is 1. The maximum absolute atomic E-state index is 11.1. The lowest BCUT2D eigenvalue weighted by Crippen LogP contribution is -2.30. The van der Waals surface area contributed by atoms with E-state index in [-0.39, 0.29) is 5.91 Å². The second kappa shape index (κ2) is 6.78. The summed E-state index contributed by atoms with van der Waals surface area (Å²) in [4.78, 5) is 15.2. The first-order chi connectivity index (χ1) is 8.13. The molecular weight excluding hydrogens is 218 g/mol. The first kappa shape index (κ1) is 13.3. The minimum atomic E-state index is -0.354. The van der Waals surface area contributed by atoms with E-state index in [0.717, 1.165) is 17.7 Å². The van der Waals surface area contributed by atoms with E-state index in [9.17, 15) is 4.79 Å². The molecule has 0 saturated carbocycles. The highest BCUT2D eigenvalue weighted by Crippen LogP contribution is 2.03. The van der Waals surface area contributed by atoms with Crippen molar-refractivity contribution in [2.45, 2.75) is 20.0 Å². The van der Waals surface area contributed by atoms with Gasteiger partial charge in [-0.2, -0.15) is 0 Å². The maximum atomic E-state index is 11.1. The Labute approximate surface area is 101 Å². The lowest BCUT2D eigenvalue weighted by atomic mass is 10.2. The lowest BCUT2D eigenvalue weighted by Gasteiger charge is -2.04. The first-order valence-corrected chi connectivity index (χ1v) is 5.31. The molecule has 0 aliphatic rings. The summed E-state index contributed by atoms with van der Waals surface area (Å²) in [5.74, 6) is 4.65. The molecule has 0 bridgehead atoms. The van der Waals surface area contributed by atoms with Crippen LogP contribution in [0.4, 0.5) is 0 Å². The van der Waals surface area contributed by atoms with E-state index < -0.39 is 0 Å². The number of nitrogens with zero attached hydrogens (tertiary/aromatic N) is 1. The fraction of sp³-hybridized carbons (Fsp3) is 0.333. The lowest BCUT2D eigenvalue weighted by molar-refractivity contribution is 0.0952. The molecule has 3 N–H and O–H groups in total. The molecule has 0 aliphatic carbocycles. The summed E-state index contributed by atoms with van der Waals surface area (Å²) in [6, 6.07) is 3.40. The number of ether oxygens (including phenoxy) is 1. The van der Waals surface area contributed by atoms with Gasteiger partial charge in [-0.15, -0.1) is 6.58 Å². The molecule has 0 unspecified atom stereocenters. The van der Waals surface area contributed by atoms with Crippen molar-refractivity contribution in [2.75, 3.05) is 6.61 Å². The Morgan fingerprint density at radius 3 is 2.88 bits per heavy atom. The Morgan fingerprint density at radius 2 is 2.35 bits per heavy atom. The van der Waals surface area contributed by atoms with E-state index in [1.807, 2.05) is 12.3 Å². The molecule has 0 fully saturated rings. The fourth-order valence-electron chi connectivity index (χ4n) is 1.15. The molecule has 0 atom stereocenters. The van der Waals surface area contributed by atoms with Crippen molar-refractivity contribution in [2.24, 2.45) is 5.84 Å². The van der Waals surface area contributed by atoms with Gasteiger partial charge in [0, 0.05) is 6.20 Å². The Bertz CT molecular complexity index is 387. The van der Waals surface area contributed by atoms with Crippen molar-refractivity contribution >= 4 is 5.91 Å². The molecule has 1 heterocycles. The van der Waals surface area contributed by atoms with Gasteiger partial charge in [0.1, 0.15) is 0 Å². The number of nitrogen functional groups attached to an aromatic ring is 1. The smallest absolute Gasteiger partial charge is 0.266 e. The summed E-state index contributed by atoms with van der Waals surface area (Å²) in [6.07, 6.45) is 2.31. The molecule has 0 aromatic carbocycles. The molecule has 92 valence electrons. The van der Waals surface area contributed by atoms with Crippen molar-refractivity contribution in [1.82, 2.24) is 10.4 Å². The number of aromatic nitrogens is 1. The predicted molar refractivity (Wildman–Crippen MR) is 65.0 cm³/mol. The number of carbonyl (C=O) groups excluding carboxylic acids is 1. The van der Waals surface area contributed by atoms with Gasteiger partial charge in [0.05, 0.1) is 24.5 Å². The van der Waals surface area contributed by atoms with Crippen LogP contribution in [0.15, 0.2) is 30.5 Å². The SMILES string of the molecule is C=C(C)CCOCc1ccc(C(=O)NN)cn1. The third-order valence-electron chi connectivity index (χ3n) is 2.14. The van der Waals surface area contributed by atoms with Gasteiger partial charge in [-0.25, -0.2) is 5.84 Å². The molecule has 1 aromatic heterocycles. The second-order valence-corrected chi connectivity index (χ2v) is 3.77. The number of hydrogen-bond acceptors (Lipinski definition) is 4. The van der Waals surface area contributed by atoms with Gasteiger partial charge in [0.25, 0.3) is 5.91 Å². The van der Waals surface area contributed by atoms with Crippen molar-refractivity contribution < 1.29 is 9.53 Å². The number of hydrogen-bond donors (Lipinski definition) is 2. The average molecular weight is 235 g/mol. The van der Waals surface area contributed by atoms with E-state index in [1.54, 1.807) is 12.1 Å². The standard InChI is InChI=1S/C12H17N3O2/c1-9(2)5-6-17-8-11-4-3-10(7-14-11)12(16)15-13/h3-4,7H,1,5-6,8,13H2,2H3,(H,15,16). The van der Waals surface area contributed by atoms with E-state index >= 15 is 0 Å². The largest absolute Gasteiger partial charge is 0.375 e. The normalized spacial score (nSPS) is 10.0. The average Bonchev–Trinajstić information content (AvgIpc) is 2.34. The van der Waals surface area contributed by atoms with Crippen LogP contribution in [-0.4, -0.2) is 17.5 Å². The van der Waals surface area contributed by atoms with E-state index in [1.165, 1.54) is 6.20 Å². The third-order valence-corrected chi connectivity index (χ3v) is 2.14. The van der Waals surface area contributed by atoms with E-state index in [0.29, 0.717) is 18.8 Å². The van der Waals surface area contributed by atoms with Gasteiger partial charge in [-0.1, -0.05) is 5.57 Å². The number of hydrazine groups is 1. The van der Waals surface area contributed by atoms with Crippen molar-refractivity contribution in [1.29, 1.82) is 0 Å². The predicted octanol–water partition coefficient (Wildman–Crippen LogP) is 1.17. The number of nitrogens with two attached hydrogens (primary N) is 1. The van der Waals surface area contributed by atoms with Crippen molar-refractivity contribution in [3.05, 3.63) is 41.7 Å². The molecule has 1 aromatic rings. The number of pyridine rings is 1. The Hall–Kier alpha value is -1.72. The molecular formula is C12H17N3O2. The summed E-state index contributed by atoms with van der Waals surface area (Å²) in [6.45, 7) is 6.80. The van der Waals surface area contributed by atoms with Gasteiger partial charge >= 0.3 is 0 Å². The number of carbonyl (C=O) groups is 1. The minimum absolute atomic E-state index is 0.354. The van der Waals surface area contributed by atoms with Crippen LogP contribution in [0.1, 0.15) is 29.4 Å². The minimum Gasteiger partial charge on any atom is -0.375 e. The van der Waals surface area contributed by atoms with Gasteiger partial charge < -0.3 is 4.74 Å². The van der Waals surface area contributed by atoms with Crippen LogP contribution in [0.2, 0.25) is 0 Å². The quantitative estimate of drug-likeness (QED) is 0.255. The van der Waals surface area contributed by atoms with Crippen LogP contribution < -0.4 is 11.3 Å². The Morgan fingerprint density at radius 1 is 1.59 bits per heavy atom. The van der Waals surface area contributed by atoms with Crippen LogP contribution in [-0.2, 0) is 11.3 Å². The molecule has 0 aliphatic heterocycles. The highest BCUT2D eigenvalue weighted by molar-refractivity contribution is 5.93. The summed E-state index contributed by atoms with van der Waals surface area (Å²) >= 11 is 0. The zero-order valence-electron chi connectivity index (χ0n) is 9.90. The van der Waals surface area contributed by atoms with Gasteiger partial charge in [0.15, 0.2) is 0 Å². The van der Waals surface area contributed by atoms with Crippen LogP contribution in [0.5, 0.6) is 0 Å². The molecule has 1 rings (SSSR count). The van der Waals surface area contributed by atoms with Gasteiger partial charge in [0.2, 0.25) is 0 Å². The summed E-state index contributed by atoms with van der Waals surface area (Å²) in [5.41, 5.74) is 4.34. The van der Waals surface area contributed by atoms with E-state index in [2.05, 4.69) is 11.6 Å². The van der Waals surface area contributed by atoms with Gasteiger partial charge in [-0.05, 0) is 25.5 Å². The van der Waals surface area contributed by atoms with Crippen molar-refractivity contribution in [3.8, 4) is 0 Å². The molecule has 17 heavy (non-hydrogen) atoms. The topological polar surface area (TPSA) is 77.2 Å². The monoisotopic (exact) mass is 235 g/mol. The zero-order valence-corrected chi connectivity index (χ0v) is 9.90. The summed E-state index contributed by atoms with van der Waals surface area (Å²) in [5, 5.41) is 0. The Kier molecular flexibility index (Phi) is 5.32. The molecule has 0 saturated heterocycles. The number of amides is 1. The fourth-order valence-corrected chi connectivity index (χ4v) is 1.15. The number of rotatable bonds is 6. The molecule has 5 nitrogen and oxygen atoms in total. The van der Waals surface area contributed by atoms with E-state index in [4.69, 9.17) is 10.6 Å². The zero-order chi connectivity index (χ0) is 12.7. The van der Waals surface area contributed by atoms with Crippen LogP contribution in [0.3, 0.4) is 0 Å². The maximum Gasteiger partial charge on any atom is 0.266 e. The molecule has 0 spiro atoms. The highest BCUT2D eigenvalue weighted by atomic mass is 16.5. The van der Waals surface area contributed by atoms with Gasteiger partial charge in [-0.3, -0.25) is 15.2 Å². The second-order valence-electron chi connectivity index (χ2n) is 3.77. The third kappa shape index (κ3) is 4.76. The van der Waals surface area contributed by atoms with Crippen LogP contribution in [0.25, 0.3) is 0 Å². The molecule has 5 heteroatoms. The highest BCUT2D eigenvalue weighted by Gasteiger charge is 2.03. The summed E-state index contributed by atoms with van der Waals surface area (Å²) in [7, 11) is 0. The Balaban J connectivity index is 2.40. The van der Waals surface area contributed by atoms with Crippen molar-refractivity contribution in [3.63, 3.8) is 0 Å². The first-order valence-electron chi connectivity index (χ1n) is 5.31.